The van der Waals surface area contributed by atoms with Gasteiger partial charge in [0.25, 0.3) is 6.43 Å². The summed E-state index contributed by atoms with van der Waals surface area (Å²) >= 11 is 0. The van der Waals surface area contributed by atoms with Gasteiger partial charge >= 0.3 is 5.97 Å². The van der Waals surface area contributed by atoms with E-state index in [-0.39, 0.29) is 29.7 Å². The van der Waals surface area contributed by atoms with Crippen molar-refractivity contribution in [2.24, 2.45) is 0 Å². The van der Waals surface area contributed by atoms with Gasteiger partial charge in [0, 0.05) is 5.56 Å². The van der Waals surface area contributed by atoms with Gasteiger partial charge < -0.3 is 9.84 Å². The molecule has 0 spiro atoms. The van der Waals surface area contributed by atoms with Gasteiger partial charge in [0.2, 0.25) is 0 Å². The first-order valence-electron chi connectivity index (χ1n) is 5.64. The molecule has 0 aliphatic heterocycles. The molecule has 19 heavy (non-hydrogen) atoms. The van der Waals surface area contributed by atoms with Crippen molar-refractivity contribution in [1.82, 2.24) is 0 Å². The standard InChI is InChI=1S/C13H13F2NO3/c1-2-19-12(18)5-10-8(7-17)3-4-9(13(14)15)11(10)6-16/h3-4,13,17H,2,5,7H2,1H3. The van der Waals surface area contributed by atoms with E-state index in [0.29, 0.717) is 0 Å². The molecule has 0 heterocycles. The van der Waals surface area contributed by atoms with Gasteiger partial charge in [-0.25, -0.2) is 8.78 Å². The van der Waals surface area contributed by atoms with Gasteiger partial charge in [0.1, 0.15) is 0 Å². The number of halogens is 2. The van der Waals surface area contributed by atoms with Crippen LogP contribution in [-0.4, -0.2) is 17.7 Å². The maximum atomic E-state index is 12.8. The molecule has 0 atom stereocenters. The van der Waals surface area contributed by atoms with Crippen LogP contribution in [0.4, 0.5) is 8.78 Å². The van der Waals surface area contributed by atoms with Gasteiger partial charge in [-0.05, 0) is 18.1 Å². The molecule has 0 unspecified atom stereocenters. The molecule has 0 aromatic heterocycles. The third kappa shape index (κ3) is 3.48. The molecule has 1 aromatic carbocycles. The van der Waals surface area contributed by atoms with E-state index in [4.69, 9.17) is 15.1 Å². The summed E-state index contributed by atoms with van der Waals surface area (Å²) in [5.41, 5.74) is -0.344. The Morgan fingerprint density at radius 3 is 2.68 bits per heavy atom. The Bertz CT molecular complexity index is 509. The number of hydrogen-bond donors (Lipinski definition) is 1. The van der Waals surface area contributed by atoms with Crippen LogP contribution in [0.3, 0.4) is 0 Å². The fourth-order valence-corrected chi connectivity index (χ4v) is 1.73. The maximum absolute atomic E-state index is 12.8. The summed E-state index contributed by atoms with van der Waals surface area (Å²) in [6.07, 6.45) is -3.13. The van der Waals surface area contributed by atoms with Gasteiger partial charge in [0.15, 0.2) is 0 Å². The highest BCUT2D eigenvalue weighted by Crippen LogP contribution is 2.28. The van der Waals surface area contributed by atoms with Crippen molar-refractivity contribution < 1.29 is 23.4 Å². The predicted octanol–water partition coefficient (Wildman–Crippen LogP) is 2.09. The number of hydrogen-bond acceptors (Lipinski definition) is 4. The molecule has 1 aromatic rings. The first kappa shape index (κ1) is 15.1. The smallest absolute Gasteiger partial charge is 0.310 e. The van der Waals surface area contributed by atoms with Crippen LogP contribution in [-0.2, 0) is 22.6 Å². The highest BCUT2D eigenvalue weighted by molar-refractivity contribution is 5.74. The second-order valence-electron chi connectivity index (χ2n) is 3.72. The lowest BCUT2D eigenvalue weighted by Crippen LogP contribution is -2.12. The SMILES string of the molecule is CCOC(=O)Cc1c(CO)ccc(C(F)F)c1C#N. The molecular weight excluding hydrogens is 256 g/mol. The van der Waals surface area contributed by atoms with E-state index in [1.54, 1.807) is 13.0 Å². The second kappa shape index (κ2) is 6.81. The van der Waals surface area contributed by atoms with Crippen LogP contribution < -0.4 is 0 Å². The quantitative estimate of drug-likeness (QED) is 0.831. The zero-order chi connectivity index (χ0) is 14.4. The highest BCUT2D eigenvalue weighted by atomic mass is 19.3. The molecule has 0 saturated heterocycles. The average Bonchev–Trinajstić information content (AvgIpc) is 2.38. The largest absolute Gasteiger partial charge is 0.466 e. The van der Waals surface area contributed by atoms with Crippen LogP contribution >= 0.6 is 0 Å². The number of esters is 1. The third-order valence-corrected chi connectivity index (χ3v) is 2.59. The van der Waals surface area contributed by atoms with Crippen molar-refractivity contribution in [1.29, 1.82) is 5.26 Å². The number of nitrogens with zero attached hydrogens (tertiary/aromatic N) is 1. The van der Waals surface area contributed by atoms with E-state index < -0.39 is 24.6 Å². The summed E-state index contributed by atoms with van der Waals surface area (Å²) < 4.78 is 30.3. The Morgan fingerprint density at radius 2 is 2.21 bits per heavy atom. The van der Waals surface area contributed by atoms with Crippen molar-refractivity contribution in [3.63, 3.8) is 0 Å². The average molecular weight is 269 g/mol. The van der Waals surface area contributed by atoms with Gasteiger partial charge in [-0.15, -0.1) is 0 Å². The molecule has 0 saturated carbocycles. The van der Waals surface area contributed by atoms with Gasteiger partial charge in [-0.3, -0.25) is 4.79 Å². The fraction of sp³-hybridized carbons (Fsp3) is 0.385. The normalized spacial score (nSPS) is 10.3. The third-order valence-electron chi connectivity index (χ3n) is 2.59. The monoisotopic (exact) mass is 269 g/mol. The minimum atomic E-state index is -2.82. The predicted molar refractivity (Wildman–Crippen MR) is 62.4 cm³/mol. The molecule has 0 aliphatic rings. The second-order valence-corrected chi connectivity index (χ2v) is 3.72. The number of carbonyl (C=O) groups is 1. The van der Waals surface area contributed by atoms with Crippen molar-refractivity contribution in [2.45, 2.75) is 26.4 Å². The number of benzene rings is 1. The zero-order valence-electron chi connectivity index (χ0n) is 10.3. The molecule has 6 heteroatoms. The Labute approximate surface area is 109 Å². The number of aliphatic hydroxyl groups is 1. The Kier molecular flexibility index (Phi) is 5.39. The van der Waals surface area contributed by atoms with Crippen LogP contribution in [0.25, 0.3) is 0 Å². The van der Waals surface area contributed by atoms with E-state index in [2.05, 4.69) is 0 Å². The lowest BCUT2D eigenvalue weighted by atomic mass is 9.94. The molecule has 1 rings (SSSR count). The summed E-state index contributed by atoms with van der Waals surface area (Å²) in [7, 11) is 0. The fourth-order valence-electron chi connectivity index (χ4n) is 1.73. The summed E-state index contributed by atoms with van der Waals surface area (Å²) in [4.78, 5) is 11.4. The molecule has 4 nitrogen and oxygen atoms in total. The van der Waals surface area contributed by atoms with Gasteiger partial charge in [-0.2, -0.15) is 5.26 Å². The Morgan fingerprint density at radius 1 is 1.53 bits per heavy atom. The van der Waals surface area contributed by atoms with E-state index >= 15 is 0 Å². The molecular formula is C13H13F2NO3. The van der Waals surface area contributed by atoms with Crippen LogP contribution in [0.15, 0.2) is 12.1 Å². The minimum Gasteiger partial charge on any atom is -0.466 e. The number of alkyl halides is 2. The number of ether oxygens (including phenoxy) is 1. The summed E-state index contributed by atoms with van der Waals surface area (Å²) in [6, 6.07) is 4.04. The van der Waals surface area contributed by atoms with E-state index in [1.165, 1.54) is 6.07 Å². The van der Waals surface area contributed by atoms with E-state index in [0.717, 1.165) is 6.07 Å². The molecule has 0 bridgehead atoms. The van der Waals surface area contributed by atoms with Gasteiger partial charge in [-0.1, -0.05) is 12.1 Å². The highest BCUT2D eigenvalue weighted by Gasteiger charge is 2.20. The van der Waals surface area contributed by atoms with Gasteiger partial charge in [0.05, 0.1) is 31.3 Å². The van der Waals surface area contributed by atoms with E-state index in [9.17, 15) is 13.6 Å². The van der Waals surface area contributed by atoms with Crippen molar-refractivity contribution in [3.8, 4) is 6.07 Å². The molecule has 0 amide bonds. The lowest BCUT2D eigenvalue weighted by Gasteiger charge is -2.12. The minimum absolute atomic E-state index is 0.0984. The first-order valence-corrected chi connectivity index (χ1v) is 5.64. The zero-order valence-corrected chi connectivity index (χ0v) is 10.3. The molecule has 0 aliphatic carbocycles. The summed E-state index contributed by atoms with van der Waals surface area (Å²) in [5.74, 6) is -0.625. The van der Waals surface area contributed by atoms with Crippen LogP contribution in [0, 0.1) is 11.3 Å². The van der Waals surface area contributed by atoms with Crippen LogP contribution in [0.2, 0.25) is 0 Å². The van der Waals surface area contributed by atoms with Crippen LogP contribution in [0.5, 0.6) is 0 Å². The van der Waals surface area contributed by atoms with Crippen molar-refractivity contribution in [3.05, 3.63) is 34.4 Å². The maximum Gasteiger partial charge on any atom is 0.310 e. The number of carbonyl (C=O) groups excluding carboxylic acids is 1. The molecule has 102 valence electrons. The summed E-state index contributed by atoms with van der Waals surface area (Å²) in [5, 5.41) is 18.2. The molecule has 0 radical (unpaired) electrons. The van der Waals surface area contributed by atoms with Crippen molar-refractivity contribution in [2.75, 3.05) is 6.61 Å². The number of nitriles is 1. The molecule has 0 fully saturated rings. The Hall–Kier alpha value is -2.00. The number of aliphatic hydroxyl groups excluding tert-OH is 1. The van der Waals surface area contributed by atoms with Crippen LogP contribution in [0.1, 0.15) is 35.6 Å². The number of rotatable bonds is 5. The topological polar surface area (TPSA) is 70.3 Å². The first-order chi connectivity index (χ1) is 9.04. The molecule has 1 N–H and O–H groups in total. The van der Waals surface area contributed by atoms with Crippen molar-refractivity contribution >= 4 is 5.97 Å². The van der Waals surface area contributed by atoms with E-state index in [1.807, 2.05) is 0 Å². The Balaban J connectivity index is 3.28. The summed E-state index contributed by atoms with van der Waals surface area (Å²) in [6.45, 7) is 1.34. The lowest BCUT2D eigenvalue weighted by molar-refractivity contribution is -0.142.